The van der Waals surface area contributed by atoms with Crippen LogP contribution in [0, 0.1) is 5.41 Å². The zero-order chi connectivity index (χ0) is 9.02. The molecule has 0 aromatic rings. The second-order valence-corrected chi connectivity index (χ2v) is 2.85. The van der Waals surface area contributed by atoms with Gasteiger partial charge in [-0.25, -0.2) is 0 Å². The normalized spacial score (nSPS) is 14.5. The molecule has 0 bridgehead atoms. The van der Waals surface area contributed by atoms with E-state index in [4.69, 9.17) is 5.41 Å². The van der Waals surface area contributed by atoms with Gasteiger partial charge in [-0.05, 0) is 45.8 Å². The summed E-state index contributed by atoms with van der Waals surface area (Å²) in [7, 11) is 0. The van der Waals surface area contributed by atoms with Crippen molar-refractivity contribution in [3.63, 3.8) is 0 Å². The van der Waals surface area contributed by atoms with Crippen LogP contribution in [0.15, 0.2) is 22.8 Å². The minimum absolute atomic E-state index is 0.656. The van der Waals surface area contributed by atoms with Crippen molar-refractivity contribution in [3.8, 4) is 0 Å². The van der Waals surface area contributed by atoms with Crippen molar-refractivity contribution < 1.29 is 0 Å². The van der Waals surface area contributed by atoms with Crippen LogP contribution in [-0.4, -0.2) is 5.71 Å². The summed E-state index contributed by atoms with van der Waals surface area (Å²) < 4.78 is 0. The van der Waals surface area contributed by atoms with Crippen LogP contribution in [0.4, 0.5) is 0 Å². The van der Waals surface area contributed by atoms with Crippen LogP contribution in [0.25, 0.3) is 0 Å². The third kappa shape index (κ3) is 2.71. The summed E-state index contributed by atoms with van der Waals surface area (Å²) in [4.78, 5) is 0. The molecule has 1 heteroatoms. The Hall–Kier alpha value is -0.850. The van der Waals surface area contributed by atoms with E-state index in [9.17, 15) is 0 Å². The molecule has 1 N–H and O–H groups in total. The fourth-order valence-corrected chi connectivity index (χ4v) is 0.794. The molecule has 0 saturated carbocycles. The maximum absolute atomic E-state index is 7.41. The molecule has 0 rings (SSSR count). The van der Waals surface area contributed by atoms with E-state index >= 15 is 0 Å². The zero-order valence-electron chi connectivity index (χ0n) is 8.08. The predicted octanol–water partition coefficient (Wildman–Crippen LogP) is 3.33. The summed E-state index contributed by atoms with van der Waals surface area (Å²) in [5.74, 6) is 0. The molecule has 0 radical (unpaired) electrons. The molecule has 11 heavy (non-hydrogen) atoms. The summed E-state index contributed by atoms with van der Waals surface area (Å²) in [5.41, 5.74) is 4.22. The van der Waals surface area contributed by atoms with Crippen molar-refractivity contribution in [3.05, 3.63) is 22.8 Å². The molecule has 1 nitrogen and oxygen atoms in total. The number of allylic oxidation sites excluding steroid dienone is 4. The molecule has 0 unspecified atom stereocenters. The Morgan fingerprint density at radius 2 is 1.45 bits per heavy atom. The van der Waals surface area contributed by atoms with E-state index in [2.05, 4.69) is 19.9 Å². The SMILES string of the molecule is C/C=C(C)\C(C)=C(\C)C(C)=N. The lowest BCUT2D eigenvalue weighted by molar-refractivity contribution is 1.26. The Labute approximate surface area is 69.3 Å². The lowest BCUT2D eigenvalue weighted by atomic mass is 10.0. The van der Waals surface area contributed by atoms with E-state index in [-0.39, 0.29) is 0 Å². The van der Waals surface area contributed by atoms with Gasteiger partial charge >= 0.3 is 0 Å². The molecule has 0 fully saturated rings. The predicted molar refractivity (Wildman–Crippen MR) is 51.2 cm³/mol. The van der Waals surface area contributed by atoms with E-state index in [1.807, 2.05) is 20.8 Å². The summed E-state index contributed by atoms with van der Waals surface area (Å²) in [6.45, 7) is 9.96. The van der Waals surface area contributed by atoms with Crippen molar-refractivity contribution in [2.45, 2.75) is 34.6 Å². The van der Waals surface area contributed by atoms with Crippen LogP contribution >= 0.6 is 0 Å². The minimum Gasteiger partial charge on any atom is -0.305 e. The molecular weight excluding hydrogens is 134 g/mol. The van der Waals surface area contributed by atoms with Gasteiger partial charge in [0.25, 0.3) is 0 Å². The van der Waals surface area contributed by atoms with Gasteiger partial charge in [0.15, 0.2) is 0 Å². The topological polar surface area (TPSA) is 23.9 Å². The number of rotatable bonds is 2. The van der Waals surface area contributed by atoms with Crippen molar-refractivity contribution in [1.82, 2.24) is 0 Å². The highest BCUT2D eigenvalue weighted by Gasteiger charge is 1.99. The van der Waals surface area contributed by atoms with Gasteiger partial charge in [-0.1, -0.05) is 11.6 Å². The molecule has 0 heterocycles. The smallest absolute Gasteiger partial charge is 0.0314 e. The van der Waals surface area contributed by atoms with Crippen molar-refractivity contribution >= 4 is 5.71 Å². The monoisotopic (exact) mass is 151 g/mol. The first-order valence-corrected chi connectivity index (χ1v) is 3.87. The van der Waals surface area contributed by atoms with E-state index in [1.54, 1.807) is 0 Å². The quantitative estimate of drug-likeness (QED) is 0.462. The Morgan fingerprint density at radius 1 is 1.00 bits per heavy atom. The van der Waals surface area contributed by atoms with Gasteiger partial charge in [0.2, 0.25) is 0 Å². The third-order valence-electron chi connectivity index (χ3n) is 2.15. The molecule has 0 aliphatic carbocycles. The van der Waals surface area contributed by atoms with Gasteiger partial charge < -0.3 is 5.41 Å². The Balaban J connectivity index is 4.81. The van der Waals surface area contributed by atoms with E-state index in [0.717, 1.165) is 5.57 Å². The second-order valence-electron chi connectivity index (χ2n) is 2.85. The average molecular weight is 151 g/mol. The standard InChI is InChI=1S/C10H17N/c1-6-7(2)8(3)9(4)10(5)11/h6,11H,1-5H3/b7-6-,9-8-,11-10?. The van der Waals surface area contributed by atoms with Gasteiger partial charge in [0.05, 0.1) is 0 Å². The molecule has 0 aromatic carbocycles. The molecule has 0 aliphatic rings. The lowest BCUT2D eigenvalue weighted by Crippen LogP contribution is -1.95. The first-order chi connectivity index (χ1) is 5.00. The van der Waals surface area contributed by atoms with E-state index < -0.39 is 0 Å². The van der Waals surface area contributed by atoms with E-state index in [1.165, 1.54) is 11.1 Å². The number of hydrogen-bond acceptors (Lipinski definition) is 1. The molecule has 62 valence electrons. The van der Waals surface area contributed by atoms with Crippen LogP contribution < -0.4 is 0 Å². The van der Waals surface area contributed by atoms with Crippen molar-refractivity contribution in [2.24, 2.45) is 0 Å². The van der Waals surface area contributed by atoms with Gasteiger partial charge in [0.1, 0.15) is 0 Å². The zero-order valence-corrected chi connectivity index (χ0v) is 8.08. The molecule has 0 amide bonds. The third-order valence-corrected chi connectivity index (χ3v) is 2.15. The summed E-state index contributed by atoms with van der Waals surface area (Å²) in [6, 6.07) is 0. The first-order valence-electron chi connectivity index (χ1n) is 3.87. The van der Waals surface area contributed by atoms with Crippen LogP contribution in [0.3, 0.4) is 0 Å². The maximum atomic E-state index is 7.41. The average Bonchev–Trinajstić information content (AvgIpc) is 2.00. The molecule has 0 spiro atoms. The van der Waals surface area contributed by atoms with Gasteiger partial charge in [-0.3, -0.25) is 0 Å². The summed E-state index contributed by atoms with van der Waals surface area (Å²) in [5, 5.41) is 7.41. The summed E-state index contributed by atoms with van der Waals surface area (Å²) in [6.07, 6.45) is 2.07. The fourth-order valence-electron chi connectivity index (χ4n) is 0.794. The highest BCUT2D eigenvalue weighted by atomic mass is 14.4. The van der Waals surface area contributed by atoms with Crippen LogP contribution in [0.2, 0.25) is 0 Å². The number of hydrogen-bond donors (Lipinski definition) is 1. The summed E-state index contributed by atoms with van der Waals surface area (Å²) >= 11 is 0. The Bertz CT molecular complexity index is 219. The highest BCUT2D eigenvalue weighted by Crippen LogP contribution is 2.13. The lowest BCUT2D eigenvalue weighted by Gasteiger charge is -2.05. The van der Waals surface area contributed by atoms with E-state index in [0.29, 0.717) is 5.71 Å². The number of nitrogens with one attached hydrogen (secondary N) is 1. The van der Waals surface area contributed by atoms with Gasteiger partial charge in [-0.15, -0.1) is 0 Å². The van der Waals surface area contributed by atoms with Gasteiger partial charge in [-0.2, -0.15) is 0 Å². The van der Waals surface area contributed by atoms with Crippen molar-refractivity contribution in [1.29, 1.82) is 5.41 Å². The van der Waals surface area contributed by atoms with Crippen LogP contribution in [-0.2, 0) is 0 Å². The molecule has 0 aliphatic heterocycles. The first kappa shape index (κ1) is 10.2. The van der Waals surface area contributed by atoms with Crippen LogP contribution in [0.5, 0.6) is 0 Å². The molecular formula is C10H17N. The Morgan fingerprint density at radius 3 is 1.73 bits per heavy atom. The fraction of sp³-hybridized carbons (Fsp3) is 0.500. The van der Waals surface area contributed by atoms with Crippen molar-refractivity contribution in [2.75, 3.05) is 0 Å². The van der Waals surface area contributed by atoms with Crippen LogP contribution in [0.1, 0.15) is 34.6 Å². The minimum atomic E-state index is 0.656. The second kappa shape index (κ2) is 4.12. The largest absolute Gasteiger partial charge is 0.305 e. The maximum Gasteiger partial charge on any atom is 0.0314 e. The highest BCUT2D eigenvalue weighted by molar-refractivity contribution is 5.96. The molecule has 0 aromatic heterocycles. The van der Waals surface area contributed by atoms with Gasteiger partial charge in [0, 0.05) is 5.71 Å². The molecule has 0 saturated heterocycles. The Kier molecular flexibility index (Phi) is 3.80. The molecule has 0 atom stereocenters.